The largest absolute Gasteiger partial charge is 0.311 e. The van der Waals surface area contributed by atoms with Gasteiger partial charge in [-0.1, -0.05) is 12.8 Å². The fourth-order valence-corrected chi connectivity index (χ4v) is 2.59. The first-order valence-corrected chi connectivity index (χ1v) is 6.83. The summed E-state index contributed by atoms with van der Waals surface area (Å²) in [5, 5.41) is 3.67. The number of halogens is 1. The maximum atomic E-state index is 4.46. The molecule has 0 radical (unpaired) electrons. The zero-order chi connectivity index (χ0) is 11.4. The van der Waals surface area contributed by atoms with Gasteiger partial charge in [0.15, 0.2) is 0 Å². The zero-order valence-electron chi connectivity index (χ0n) is 9.80. The van der Waals surface area contributed by atoms with Crippen molar-refractivity contribution in [1.82, 2.24) is 10.3 Å². The van der Waals surface area contributed by atoms with Crippen LogP contribution in [0, 0.1) is 0 Å². The molecule has 1 fully saturated rings. The highest BCUT2D eigenvalue weighted by Gasteiger charge is 2.25. The molecule has 16 heavy (non-hydrogen) atoms. The second kappa shape index (κ2) is 5.28. The van der Waals surface area contributed by atoms with Gasteiger partial charge < -0.3 is 5.32 Å². The summed E-state index contributed by atoms with van der Waals surface area (Å²) in [4.78, 5) is 4.46. The van der Waals surface area contributed by atoms with Crippen molar-refractivity contribution in [3.8, 4) is 0 Å². The van der Waals surface area contributed by atoms with Crippen molar-refractivity contribution in [2.45, 2.75) is 44.6 Å². The average Bonchev–Trinajstić information content (AvgIpc) is 2.47. The molecule has 1 aromatic rings. The minimum Gasteiger partial charge on any atom is -0.311 e. The molecule has 1 aliphatic rings. The summed E-state index contributed by atoms with van der Waals surface area (Å²) in [7, 11) is 0. The third kappa shape index (κ3) is 3.29. The van der Waals surface area contributed by atoms with Crippen LogP contribution in [0.5, 0.6) is 0 Å². The van der Waals surface area contributed by atoms with Gasteiger partial charge in [-0.3, -0.25) is 4.98 Å². The van der Waals surface area contributed by atoms with E-state index in [-0.39, 0.29) is 5.54 Å². The first-order chi connectivity index (χ1) is 7.68. The monoisotopic (exact) mass is 282 g/mol. The Morgan fingerprint density at radius 1 is 1.38 bits per heavy atom. The lowest BCUT2D eigenvalue weighted by atomic mass is 9.90. The molecule has 88 valence electrons. The van der Waals surface area contributed by atoms with Gasteiger partial charge in [0.2, 0.25) is 0 Å². The summed E-state index contributed by atoms with van der Waals surface area (Å²) < 4.78 is 1.05. The Morgan fingerprint density at radius 2 is 2.25 bits per heavy atom. The van der Waals surface area contributed by atoms with E-state index < -0.39 is 0 Å². The summed E-state index contributed by atoms with van der Waals surface area (Å²) in [6, 6.07) is 4.18. The minimum absolute atomic E-state index is 0.233. The van der Waals surface area contributed by atoms with Crippen LogP contribution in [0.3, 0.4) is 0 Å². The highest BCUT2D eigenvalue weighted by Crippen LogP contribution is 2.22. The zero-order valence-corrected chi connectivity index (χ0v) is 11.4. The van der Waals surface area contributed by atoms with E-state index in [1.165, 1.54) is 31.4 Å². The summed E-state index contributed by atoms with van der Waals surface area (Å²) >= 11 is 3.42. The summed E-state index contributed by atoms with van der Waals surface area (Å²) in [6.07, 6.45) is 8.17. The van der Waals surface area contributed by atoms with E-state index in [2.05, 4.69) is 45.3 Å². The topological polar surface area (TPSA) is 24.9 Å². The van der Waals surface area contributed by atoms with Gasteiger partial charge in [0, 0.05) is 28.3 Å². The molecule has 2 heterocycles. The first kappa shape index (κ1) is 12.1. The smallest absolute Gasteiger partial charge is 0.0422 e. The summed E-state index contributed by atoms with van der Waals surface area (Å²) in [6.45, 7) is 3.47. The van der Waals surface area contributed by atoms with Crippen molar-refractivity contribution in [3.05, 3.63) is 28.5 Å². The van der Waals surface area contributed by atoms with Gasteiger partial charge in [-0.2, -0.15) is 0 Å². The molecule has 3 heteroatoms. The molecular weight excluding hydrogens is 264 g/mol. The third-order valence-electron chi connectivity index (χ3n) is 3.32. The lowest BCUT2D eigenvalue weighted by Crippen LogP contribution is -2.43. The number of hydrogen-bond acceptors (Lipinski definition) is 2. The number of nitrogens with zero attached hydrogens (tertiary/aromatic N) is 1. The lowest BCUT2D eigenvalue weighted by molar-refractivity contribution is 0.342. The Balaban J connectivity index is 2.04. The van der Waals surface area contributed by atoms with Crippen LogP contribution in [0.1, 0.15) is 38.3 Å². The van der Waals surface area contributed by atoms with E-state index in [0.29, 0.717) is 0 Å². The van der Waals surface area contributed by atoms with E-state index in [9.17, 15) is 0 Å². The van der Waals surface area contributed by atoms with Crippen LogP contribution >= 0.6 is 15.9 Å². The number of rotatable bonds is 2. The Morgan fingerprint density at radius 3 is 3.00 bits per heavy atom. The van der Waals surface area contributed by atoms with Crippen LogP contribution in [0.4, 0.5) is 0 Å². The Hall–Kier alpha value is -0.410. The maximum Gasteiger partial charge on any atom is 0.0422 e. The fraction of sp³-hybridized carbons (Fsp3) is 0.615. The second-order valence-corrected chi connectivity index (χ2v) is 5.86. The molecule has 0 spiro atoms. The SMILES string of the molecule is CC1(Cc2ccc(Br)cn2)CCCCCN1. The fourth-order valence-electron chi connectivity index (χ4n) is 2.36. The third-order valence-corrected chi connectivity index (χ3v) is 3.79. The highest BCUT2D eigenvalue weighted by atomic mass is 79.9. The van der Waals surface area contributed by atoms with Crippen LogP contribution in [0.2, 0.25) is 0 Å². The van der Waals surface area contributed by atoms with Gasteiger partial charge in [0.1, 0.15) is 0 Å². The maximum absolute atomic E-state index is 4.46. The molecule has 1 aromatic heterocycles. The Kier molecular flexibility index (Phi) is 3.98. The predicted molar refractivity (Wildman–Crippen MR) is 70.5 cm³/mol. The normalized spacial score (nSPS) is 26.4. The minimum atomic E-state index is 0.233. The average molecular weight is 283 g/mol. The van der Waals surface area contributed by atoms with Crippen molar-refractivity contribution in [1.29, 1.82) is 0 Å². The molecule has 2 nitrogen and oxygen atoms in total. The van der Waals surface area contributed by atoms with Crippen LogP contribution < -0.4 is 5.32 Å². The summed E-state index contributed by atoms with van der Waals surface area (Å²) in [5.74, 6) is 0. The molecule has 0 aliphatic carbocycles. The molecule has 0 saturated carbocycles. The van der Waals surface area contributed by atoms with E-state index in [0.717, 1.165) is 17.4 Å². The number of aromatic nitrogens is 1. The van der Waals surface area contributed by atoms with E-state index in [1.54, 1.807) is 0 Å². The van der Waals surface area contributed by atoms with Gasteiger partial charge >= 0.3 is 0 Å². The van der Waals surface area contributed by atoms with Gasteiger partial charge in [0.05, 0.1) is 0 Å². The lowest BCUT2D eigenvalue weighted by Gasteiger charge is -2.29. The molecule has 1 aliphatic heterocycles. The van der Waals surface area contributed by atoms with Crippen LogP contribution in [-0.2, 0) is 6.42 Å². The van der Waals surface area contributed by atoms with Crippen molar-refractivity contribution >= 4 is 15.9 Å². The van der Waals surface area contributed by atoms with Crippen LogP contribution in [0.15, 0.2) is 22.8 Å². The molecule has 0 amide bonds. The van der Waals surface area contributed by atoms with E-state index in [1.807, 2.05) is 6.20 Å². The first-order valence-electron chi connectivity index (χ1n) is 6.03. The highest BCUT2D eigenvalue weighted by molar-refractivity contribution is 9.10. The molecule has 1 saturated heterocycles. The van der Waals surface area contributed by atoms with Gasteiger partial charge in [-0.05, 0) is 54.4 Å². The van der Waals surface area contributed by atoms with E-state index >= 15 is 0 Å². The van der Waals surface area contributed by atoms with Gasteiger partial charge in [-0.15, -0.1) is 0 Å². The summed E-state index contributed by atoms with van der Waals surface area (Å²) in [5.41, 5.74) is 1.41. The Bertz CT molecular complexity index is 326. The van der Waals surface area contributed by atoms with Gasteiger partial charge in [-0.25, -0.2) is 0 Å². The predicted octanol–water partition coefficient (Wildman–Crippen LogP) is 3.31. The number of hydrogen-bond donors (Lipinski definition) is 1. The van der Waals surface area contributed by atoms with Crippen molar-refractivity contribution in [2.24, 2.45) is 0 Å². The molecule has 1 atom stereocenters. The molecule has 1 N–H and O–H groups in total. The molecule has 1 unspecified atom stereocenters. The molecular formula is C13H19BrN2. The quantitative estimate of drug-likeness (QED) is 0.900. The van der Waals surface area contributed by atoms with Crippen molar-refractivity contribution in [3.63, 3.8) is 0 Å². The van der Waals surface area contributed by atoms with Crippen LogP contribution in [-0.4, -0.2) is 17.1 Å². The molecule has 2 rings (SSSR count). The number of nitrogens with one attached hydrogen (secondary N) is 1. The van der Waals surface area contributed by atoms with Crippen molar-refractivity contribution < 1.29 is 0 Å². The standard InChI is InChI=1S/C13H19BrN2/c1-13(7-3-2-4-8-16-13)9-12-6-5-11(14)10-15-12/h5-6,10,16H,2-4,7-9H2,1H3. The molecule has 0 aromatic carbocycles. The van der Waals surface area contributed by atoms with Crippen LogP contribution in [0.25, 0.3) is 0 Å². The second-order valence-electron chi connectivity index (χ2n) is 4.94. The Labute approximate surface area is 106 Å². The number of pyridine rings is 1. The van der Waals surface area contributed by atoms with Crippen molar-refractivity contribution in [2.75, 3.05) is 6.54 Å². The van der Waals surface area contributed by atoms with E-state index in [4.69, 9.17) is 0 Å². The molecule has 0 bridgehead atoms. The van der Waals surface area contributed by atoms with Gasteiger partial charge in [0.25, 0.3) is 0 Å².